The summed E-state index contributed by atoms with van der Waals surface area (Å²) in [5.74, 6) is -0.0671. The number of furan rings is 1. The highest BCUT2D eigenvalue weighted by molar-refractivity contribution is 8.18. The first-order chi connectivity index (χ1) is 12.0. The molecule has 1 fully saturated rings. The Kier molecular flexibility index (Phi) is 4.76. The highest BCUT2D eigenvalue weighted by Crippen LogP contribution is 2.34. The SMILES string of the molecule is COC(=O)C(C)N1C(=O)S/C(=C/c2ccc(-c3ccccc3)o2)C1=O. The average molecular weight is 357 g/mol. The number of hydrogen-bond donors (Lipinski definition) is 0. The smallest absolute Gasteiger partial charge is 0.328 e. The van der Waals surface area contributed by atoms with Crippen molar-refractivity contribution in [2.75, 3.05) is 7.11 Å². The number of esters is 1. The lowest BCUT2D eigenvalue weighted by Crippen LogP contribution is -2.42. The molecule has 1 atom stereocenters. The molecular weight excluding hydrogens is 342 g/mol. The van der Waals surface area contributed by atoms with E-state index < -0.39 is 23.2 Å². The number of thioether (sulfide) groups is 1. The number of ether oxygens (including phenoxy) is 1. The lowest BCUT2D eigenvalue weighted by Gasteiger charge is -2.18. The van der Waals surface area contributed by atoms with E-state index in [-0.39, 0.29) is 4.91 Å². The zero-order valence-corrected chi connectivity index (χ0v) is 14.4. The molecule has 0 aliphatic carbocycles. The number of rotatable bonds is 4. The number of imide groups is 1. The van der Waals surface area contributed by atoms with E-state index in [4.69, 9.17) is 4.42 Å². The second-order valence-corrected chi connectivity index (χ2v) is 6.31. The van der Waals surface area contributed by atoms with Crippen molar-refractivity contribution in [1.82, 2.24) is 4.90 Å². The first kappa shape index (κ1) is 17.0. The summed E-state index contributed by atoms with van der Waals surface area (Å²) in [6.07, 6.45) is 1.50. The highest BCUT2D eigenvalue weighted by atomic mass is 32.2. The summed E-state index contributed by atoms with van der Waals surface area (Å²) in [5, 5.41) is -0.510. The second kappa shape index (κ2) is 6.98. The molecule has 25 heavy (non-hydrogen) atoms. The Morgan fingerprint density at radius 1 is 1.20 bits per heavy atom. The Morgan fingerprint density at radius 2 is 1.92 bits per heavy atom. The van der Waals surface area contributed by atoms with E-state index in [1.165, 1.54) is 20.1 Å². The third kappa shape index (κ3) is 3.36. The van der Waals surface area contributed by atoms with Crippen LogP contribution in [0.1, 0.15) is 12.7 Å². The minimum absolute atomic E-state index is 0.203. The first-order valence-corrected chi connectivity index (χ1v) is 8.33. The third-order valence-corrected chi connectivity index (χ3v) is 4.60. The predicted molar refractivity (Wildman–Crippen MR) is 93.4 cm³/mol. The number of carbonyl (C=O) groups is 3. The van der Waals surface area contributed by atoms with Gasteiger partial charge >= 0.3 is 5.97 Å². The summed E-state index contributed by atoms with van der Waals surface area (Å²) in [7, 11) is 1.21. The van der Waals surface area contributed by atoms with Gasteiger partial charge in [0.05, 0.1) is 12.0 Å². The van der Waals surface area contributed by atoms with E-state index in [1.54, 1.807) is 12.1 Å². The molecule has 2 aromatic rings. The molecule has 2 amide bonds. The van der Waals surface area contributed by atoms with Crippen molar-refractivity contribution in [2.45, 2.75) is 13.0 Å². The van der Waals surface area contributed by atoms with Crippen molar-refractivity contribution < 1.29 is 23.5 Å². The molecule has 1 aliphatic heterocycles. The van der Waals surface area contributed by atoms with E-state index in [1.807, 2.05) is 30.3 Å². The van der Waals surface area contributed by atoms with Crippen LogP contribution in [0.15, 0.2) is 51.8 Å². The fourth-order valence-corrected chi connectivity index (χ4v) is 3.30. The average Bonchev–Trinajstić information content (AvgIpc) is 3.19. The number of methoxy groups -OCH3 is 1. The molecule has 3 rings (SSSR count). The maximum absolute atomic E-state index is 12.4. The third-order valence-electron chi connectivity index (χ3n) is 3.71. The van der Waals surface area contributed by atoms with E-state index in [2.05, 4.69) is 4.74 Å². The van der Waals surface area contributed by atoms with Crippen LogP contribution >= 0.6 is 11.8 Å². The van der Waals surface area contributed by atoms with Crippen molar-refractivity contribution in [1.29, 1.82) is 0 Å². The maximum Gasteiger partial charge on any atom is 0.328 e. The lowest BCUT2D eigenvalue weighted by molar-refractivity contribution is -0.148. The van der Waals surface area contributed by atoms with Crippen LogP contribution in [-0.2, 0) is 14.3 Å². The fourth-order valence-electron chi connectivity index (χ4n) is 2.41. The summed E-state index contributed by atoms with van der Waals surface area (Å²) in [5.41, 5.74) is 0.912. The number of nitrogens with zero attached hydrogens (tertiary/aromatic N) is 1. The molecule has 0 bridgehead atoms. The largest absolute Gasteiger partial charge is 0.467 e. The van der Waals surface area contributed by atoms with Gasteiger partial charge in [0.25, 0.3) is 11.1 Å². The van der Waals surface area contributed by atoms with Crippen molar-refractivity contribution in [3.63, 3.8) is 0 Å². The molecule has 0 saturated carbocycles. The Labute approximate surface area is 148 Å². The zero-order valence-electron chi connectivity index (χ0n) is 13.6. The monoisotopic (exact) mass is 357 g/mol. The van der Waals surface area contributed by atoms with Gasteiger partial charge in [0.2, 0.25) is 0 Å². The van der Waals surface area contributed by atoms with Gasteiger partial charge in [-0.2, -0.15) is 0 Å². The van der Waals surface area contributed by atoms with E-state index in [0.717, 1.165) is 22.2 Å². The molecule has 2 heterocycles. The minimum Gasteiger partial charge on any atom is -0.467 e. The molecule has 1 aromatic carbocycles. The quantitative estimate of drug-likeness (QED) is 0.615. The molecule has 128 valence electrons. The van der Waals surface area contributed by atoms with Crippen LogP contribution in [0.4, 0.5) is 4.79 Å². The summed E-state index contributed by atoms with van der Waals surface area (Å²) < 4.78 is 10.3. The molecule has 0 radical (unpaired) electrons. The molecule has 6 nitrogen and oxygen atoms in total. The van der Waals surface area contributed by atoms with Crippen molar-refractivity contribution in [2.24, 2.45) is 0 Å². The fraction of sp³-hybridized carbons (Fsp3) is 0.167. The van der Waals surface area contributed by atoms with Crippen molar-refractivity contribution >= 4 is 35.0 Å². The Bertz CT molecular complexity index is 855. The topological polar surface area (TPSA) is 76.8 Å². The van der Waals surface area contributed by atoms with Gasteiger partial charge in [0, 0.05) is 11.6 Å². The van der Waals surface area contributed by atoms with Gasteiger partial charge in [-0.25, -0.2) is 4.79 Å². The van der Waals surface area contributed by atoms with Crippen LogP contribution in [0.5, 0.6) is 0 Å². The minimum atomic E-state index is -0.972. The van der Waals surface area contributed by atoms with Gasteiger partial charge in [0.1, 0.15) is 17.6 Å². The van der Waals surface area contributed by atoms with Crippen LogP contribution < -0.4 is 0 Å². The van der Waals surface area contributed by atoms with Gasteiger partial charge in [-0.3, -0.25) is 14.5 Å². The van der Waals surface area contributed by atoms with Crippen LogP contribution in [-0.4, -0.2) is 35.2 Å². The molecule has 7 heteroatoms. The van der Waals surface area contributed by atoms with Crippen molar-refractivity contribution in [3.8, 4) is 11.3 Å². The van der Waals surface area contributed by atoms with Crippen LogP contribution in [0.2, 0.25) is 0 Å². The van der Waals surface area contributed by atoms with Gasteiger partial charge in [-0.1, -0.05) is 30.3 Å². The zero-order chi connectivity index (χ0) is 18.0. The Morgan fingerprint density at radius 3 is 2.60 bits per heavy atom. The van der Waals surface area contributed by atoms with E-state index >= 15 is 0 Å². The van der Waals surface area contributed by atoms with Crippen LogP contribution in [0.25, 0.3) is 17.4 Å². The standard InChI is InChI=1S/C18H15NO5S/c1-11(17(21)23-2)19-16(20)15(25-18(19)22)10-13-8-9-14(24-13)12-6-4-3-5-7-12/h3-11H,1-2H3/b15-10+. The number of hydrogen-bond acceptors (Lipinski definition) is 6. The summed E-state index contributed by atoms with van der Waals surface area (Å²) in [6, 6.07) is 12.1. The molecule has 1 unspecified atom stereocenters. The Balaban J connectivity index is 1.83. The molecule has 1 aromatic heterocycles. The Hall–Kier alpha value is -2.80. The summed E-state index contributed by atoms with van der Waals surface area (Å²) >= 11 is 0.769. The predicted octanol–water partition coefficient (Wildman–Crippen LogP) is 3.54. The van der Waals surface area contributed by atoms with Gasteiger partial charge in [0.15, 0.2) is 0 Å². The summed E-state index contributed by atoms with van der Waals surface area (Å²) in [4.78, 5) is 37.2. The molecule has 0 spiro atoms. The van der Waals surface area contributed by atoms with E-state index in [9.17, 15) is 14.4 Å². The number of benzene rings is 1. The molecule has 1 aliphatic rings. The van der Waals surface area contributed by atoms with Crippen LogP contribution in [0, 0.1) is 0 Å². The summed E-state index contributed by atoms with van der Waals surface area (Å²) in [6.45, 7) is 1.45. The molecule has 0 N–H and O–H groups in total. The highest BCUT2D eigenvalue weighted by Gasteiger charge is 2.41. The molecule has 1 saturated heterocycles. The van der Waals surface area contributed by atoms with Crippen LogP contribution in [0.3, 0.4) is 0 Å². The normalized spacial score (nSPS) is 17.2. The molecular formula is C18H15NO5S. The lowest BCUT2D eigenvalue weighted by atomic mass is 10.2. The van der Waals surface area contributed by atoms with Gasteiger partial charge in [-0.05, 0) is 30.8 Å². The van der Waals surface area contributed by atoms with E-state index in [0.29, 0.717) is 11.5 Å². The maximum atomic E-state index is 12.4. The van der Waals surface area contributed by atoms with Gasteiger partial charge in [-0.15, -0.1) is 0 Å². The number of carbonyl (C=O) groups excluding carboxylic acids is 3. The first-order valence-electron chi connectivity index (χ1n) is 7.51. The number of amides is 2. The van der Waals surface area contributed by atoms with Gasteiger partial charge < -0.3 is 9.15 Å². The second-order valence-electron chi connectivity index (χ2n) is 5.32. The van der Waals surface area contributed by atoms with Crippen molar-refractivity contribution in [3.05, 3.63) is 53.1 Å².